The summed E-state index contributed by atoms with van der Waals surface area (Å²) in [5.74, 6) is 1.05. The predicted molar refractivity (Wildman–Crippen MR) is 64.5 cm³/mol. The average molecular weight is 245 g/mol. The third-order valence-electron chi connectivity index (χ3n) is 1.70. The number of nitrogens with one attached hydrogen (secondary N) is 1. The van der Waals surface area contributed by atoms with Crippen molar-refractivity contribution in [3.8, 4) is 0 Å². The number of carbonyl (C=O) groups excluding carboxylic acids is 1. The summed E-state index contributed by atoms with van der Waals surface area (Å²) in [4.78, 5) is 11.1. The van der Waals surface area contributed by atoms with Crippen LogP contribution in [0.1, 0.15) is 33.1 Å². The quantitative estimate of drug-likeness (QED) is 0.475. The number of rotatable bonds is 6. The van der Waals surface area contributed by atoms with Crippen molar-refractivity contribution in [2.75, 3.05) is 11.1 Å². The SMILES string of the molecule is CCCCSc1nnc(NC(=O)CC)s1. The molecule has 6 heteroatoms. The van der Waals surface area contributed by atoms with E-state index in [9.17, 15) is 4.79 Å². The zero-order chi connectivity index (χ0) is 11.1. The van der Waals surface area contributed by atoms with Crippen LogP contribution in [0.5, 0.6) is 0 Å². The van der Waals surface area contributed by atoms with Gasteiger partial charge in [-0.1, -0.05) is 43.4 Å². The van der Waals surface area contributed by atoms with E-state index in [1.54, 1.807) is 11.8 Å². The van der Waals surface area contributed by atoms with Gasteiger partial charge in [-0.2, -0.15) is 0 Å². The largest absolute Gasteiger partial charge is 0.301 e. The molecule has 1 amide bonds. The van der Waals surface area contributed by atoms with E-state index in [-0.39, 0.29) is 5.91 Å². The lowest BCUT2D eigenvalue weighted by molar-refractivity contribution is -0.115. The molecule has 0 aliphatic carbocycles. The molecular weight excluding hydrogens is 230 g/mol. The van der Waals surface area contributed by atoms with Crippen molar-refractivity contribution in [2.45, 2.75) is 37.4 Å². The van der Waals surface area contributed by atoms with Crippen LogP contribution in [0.4, 0.5) is 5.13 Å². The van der Waals surface area contributed by atoms with E-state index in [1.807, 2.05) is 6.92 Å². The van der Waals surface area contributed by atoms with E-state index >= 15 is 0 Å². The highest BCUT2D eigenvalue weighted by Gasteiger charge is 2.06. The lowest BCUT2D eigenvalue weighted by atomic mass is 10.4. The van der Waals surface area contributed by atoms with Crippen LogP contribution in [0.3, 0.4) is 0 Å². The summed E-state index contributed by atoms with van der Waals surface area (Å²) in [6, 6.07) is 0. The summed E-state index contributed by atoms with van der Waals surface area (Å²) in [6.07, 6.45) is 2.84. The number of nitrogens with zero attached hydrogens (tertiary/aromatic N) is 2. The minimum atomic E-state index is -0.0174. The third-order valence-corrected chi connectivity index (χ3v) is 3.76. The fourth-order valence-corrected chi connectivity index (χ4v) is 2.75. The molecule has 0 saturated heterocycles. The van der Waals surface area contributed by atoms with Gasteiger partial charge in [0.1, 0.15) is 0 Å². The van der Waals surface area contributed by atoms with Crippen molar-refractivity contribution in [3.05, 3.63) is 0 Å². The van der Waals surface area contributed by atoms with Gasteiger partial charge in [-0.25, -0.2) is 0 Å². The number of anilines is 1. The van der Waals surface area contributed by atoms with E-state index in [0.717, 1.165) is 10.1 Å². The molecular formula is C9H15N3OS2. The van der Waals surface area contributed by atoms with Crippen molar-refractivity contribution in [3.63, 3.8) is 0 Å². The molecule has 0 spiro atoms. The smallest absolute Gasteiger partial charge is 0.225 e. The molecule has 1 heterocycles. The van der Waals surface area contributed by atoms with Gasteiger partial charge in [-0.15, -0.1) is 10.2 Å². The molecule has 84 valence electrons. The summed E-state index contributed by atoms with van der Waals surface area (Å²) >= 11 is 3.13. The van der Waals surface area contributed by atoms with Crippen LogP contribution >= 0.6 is 23.1 Å². The van der Waals surface area contributed by atoms with E-state index in [0.29, 0.717) is 11.6 Å². The number of aromatic nitrogens is 2. The van der Waals surface area contributed by atoms with Gasteiger partial charge in [0.05, 0.1) is 0 Å². The molecule has 0 unspecified atom stereocenters. The fraction of sp³-hybridized carbons (Fsp3) is 0.667. The first-order valence-electron chi connectivity index (χ1n) is 5.02. The van der Waals surface area contributed by atoms with Crippen molar-refractivity contribution in [2.24, 2.45) is 0 Å². The predicted octanol–water partition coefficient (Wildman–Crippen LogP) is 2.78. The molecule has 0 aliphatic rings. The molecule has 1 aromatic rings. The molecule has 1 rings (SSSR count). The summed E-state index contributed by atoms with van der Waals surface area (Å²) in [5.41, 5.74) is 0. The molecule has 4 nitrogen and oxygen atoms in total. The second kappa shape index (κ2) is 6.79. The van der Waals surface area contributed by atoms with Gasteiger partial charge in [-0.3, -0.25) is 4.79 Å². The molecule has 1 aromatic heterocycles. The second-order valence-corrected chi connectivity index (χ2v) is 5.30. The maximum absolute atomic E-state index is 11.1. The second-order valence-electron chi connectivity index (χ2n) is 2.98. The Hall–Kier alpha value is -0.620. The van der Waals surface area contributed by atoms with Crippen molar-refractivity contribution in [1.29, 1.82) is 0 Å². The number of unbranched alkanes of at least 4 members (excludes halogenated alkanes) is 1. The molecule has 0 aromatic carbocycles. The Morgan fingerprint density at radius 2 is 2.27 bits per heavy atom. The van der Waals surface area contributed by atoms with Gasteiger partial charge < -0.3 is 5.32 Å². The normalized spacial score (nSPS) is 10.3. The summed E-state index contributed by atoms with van der Waals surface area (Å²) in [6.45, 7) is 3.97. The Bertz CT molecular complexity index is 314. The summed E-state index contributed by atoms with van der Waals surface area (Å²) in [5, 5.41) is 11.2. The first kappa shape index (κ1) is 12.4. The summed E-state index contributed by atoms with van der Waals surface area (Å²) < 4.78 is 0.926. The summed E-state index contributed by atoms with van der Waals surface area (Å²) in [7, 11) is 0. The highest BCUT2D eigenvalue weighted by molar-refractivity contribution is 8.01. The van der Waals surface area contributed by atoms with E-state index in [1.165, 1.54) is 24.2 Å². The van der Waals surface area contributed by atoms with Crippen LogP contribution in [0.2, 0.25) is 0 Å². The Morgan fingerprint density at radius 3 is 2.93 bits per heavy atom. The van der Waals surface area contributed by atoms with Gasteiger partial charge in [-0.05, 0) is 6.42 Å². The third kappa shape index (κ3) is 4.61. The van der Waals surface area contributed by atoms with Crippen LogP contribution in [0.15, 0.2) is 4.34 Å². The fourth-order valence-electron chi connectivity index (χ4n) is 0.830. The highest BCUT2D eigenvalue weighted by Crippen LogP contribution is 2.26. The van der Waals surface area contributed by atoms with Gasteiger partial charge in [0.2, 0.25) is 11.0 Å². The molecule has 0 atom stereocenters. The number of amides is 1. The molecule has 0 aliphatic heterocycles. The highest BCUT2D eigenvalue weighted by atomic mass is 32.2. The Morgan fingerprint density at radius 1 is 1.47 bits per heavy atom. The van der Waals surface area contributed by atoms with Crippen LogP contribution in [0, 0.1) is 0 Å². The Kier molecular flexibility index (Phi) is 5.63. The van der Waals surface area contributed by atoms with Crippen LogP contribution in [-0.4, -0.2) is 21.9 Å². The minimum Gasteiger partial charge on any atom is -0.301 e. The Labute approximate surface area is 97.9 Å². The van der Waals surface area contributed by atoms with E-state index in [2.05, 4.69) is 22.4 Å². The Balaban J connectivity index is 2.38. The van der Waals surface area contributed by atoms with Crippen LogP contribution < -0.4 is 5.32 Å². The maximum atomic E-state index is 11.1. The van der Waals surface area contributed by atoms with Gasteiger partial charge in [0.15, 0.2) is 4.34 Å². The zero-order valence-electron chi connectivity index (χ0n) is 8.95. The lowest BCUT2D eigenvalue weighted by Gasteiger charge is -1.95. The van der Waals surface area contributed by atoms with Crippen LogP contribution in [0.25, 0.3) is 0 Å². The monoisotopic (exact) mass is 245 g/mol. The first-order valence-corrected chi connectivity index (χ1v) is 6.82. The molecule has 0 radical (unpaired) electrons. The number of thioether (sulfide) groups is 1. The van der Waals surface area contributed by atoms with E-state index in [4.69, 9.17) is 0 Å². The first-order chi connectivity index (χ1) is 7.26. The maximum Gasteiger partial charge on any atom is 0.225 e. The van der Waals surface area contributed by atoms with E-state index < -0.39 is 0 Å². The van der Waals surface area contributed by atoms with Gasteiger partial charge >= 0.3 is 0 Å². The number of hydrogen-bond acceptors (Lipinski definition) is 5. The molecule has 15 heavy (non-hydrogen) atoms. The van der Waals surface area contributed by atoms with Crippen molar-refractivity contribution in [1.82, 2.24) is 10.2 Å². The van der Waals surface area contributed by atoms with Crippen LogP contribution in [-0.2, 0) is 4.79 Å². The van der Waals surface area contributed by atoms with Gasteiger partial charge in [0.25, 0.3) is 0 Å². The lowest BCUT2D eigenvalue weighted by Crippen LogP contribution is -2.08. The minimum absolute atomic E-state index is 0.0174. The molecule has 0 bridgehead atoms. The molecule has 0 fully saturated rings. The van der Waals surface area contributed by atoms with Crippen molar-refractivity contribution < 1.29 is 4.79 Å². The average Bonchev–Trinajstić information content (AvgIpc) is 2.66. The zero-order valence-corrected chi connectivity index (χ0v) is 10.6. The number of hydrogen-bond donors (Lipinski definition) is 1. The van der Waals surface area contributed by atoms with Gasteiger partial charge in [0, 0.05) is 12.2 Å². The molecule has 0 saturated carbocycles. The molecule has 1 N–H and O–H groups in total. The standard InChI is InChI=1S/C9H15N3OS2/c1-3-5-6-14-9-12-11-8(15-9)10-7(13)4-2/h3-6H2,1-2H3,(H,10,11,13). The number of carbonyl (C=O) groups is 1. The topological polar surface area (TPSA) is 54.9 Å². The van der Waals surface area contributed by atoms with Crippen molar-refractivity contribution >= 4 is 34.1 Å².